The number of alkyl halides is 6. The zero-order valence-electron chi connectivity index (χ0n) is 20.6. The third-order valence-corrected chi connectivity index (χ3v) is 8.02. The van der Waals surface area contributed by atoms with E-state index in [4.69, 9.17) is 0 Å². The van der Waals surface area contributed by atoms with Crippen LogP contribution < -0.4 is 9.62 Å². The Kier molecular flexibility index (Phi) is 8.05. The van der Waals surface area contributed by atoms with Crippen LogP contribution in [0.15, 0.2) is 47.4 Å². The summed E-state index contributed by atoms with van der Waals surface area (Å²) in [5.74, 6) is -1.44. The van der Waals surface area contributed by atoms with Gasteiger partial charge in [-0.1, -0.05) is 12.1 Å². The Morgan fingerprint density at radius 3 is 2.08 bits per heavy atom. The maximum absolute atomic E-state index is 13.6. The number of carbonyl (C=O) groups is 1. The minimum atomic E-state index is -6.14. The van der Waals surface area contributed by atoms with Gasteiger partial charge in [-0.3, -0.25) is 9.10 Å². The van der Waals surface area contributed by atoms with E-state index in [2.05, 4.69) is 5.32 Å². The zero-order valence-corrected chi connectivity index (χ0v) is 21.4. The highest BCUT2D eigenvalue weighted by Gasteiger charge is 2.71. The Bertz CT molecular complexity index is 1310. The van der Waals surface area contributed by atoms with Crippen molar-refractivity contribution >= 4 is 21.6 Å². The smallest absolute Gasteiger partial charge is 0.389 e. The number of nitrogens with one attached hydrogen (secondary N) is 1. The predicted octanol–water partition coefficient (Wildman–Crippen LogP) is 3.93. The van der Waals surface area contributed by atoms with Gasteiger partial charge in [0.15, 0.2) is 0 Å². The van der Waals surface area contributed by atoms with Crippen molar-refractivity contribution in [2.24, 2.45) is 0 Å². The standard InChI is InChI=1S/C24H25F7N2O5S/c1-21(2,35)13-32-20(34)12-17-7-3-14-11-15(22(36,23(26,27)28)24(29,30)31)4-10-19(14)33(17)39(37,38)18-8-5-16(25)6-9-18/h4-6,8-11,17,35-36H,3,7,12-13H2,1-2H3,(H,32,34)/t17-/m0/s1. The van der Waals surface area contributed by atoms with Crippen LogP contribution in [0.4, 0.5) is 36.4 Å². The molecule has 0 aliphatic carbocycles. The van der Waals surface area contributed by atoms with Gasteiger partial charge in [0, 0.05) is 18.5 Å². The molecule has 2 aromatic carbocycles. The second-order valence-electron chi connectivity index (χ2n) is 9.79. The number of benzene rings is 2. The fraction of sp³-hybridized carbons (Fsp3) is 0.458. The number of carbonyl (C=O) groups excluding carboxylic acids is 1. The fourth-order valence-electron chi connectivity index (χ4n) is 4.18. The summed E-state index contributed by atoms with van der Waals surface area (Å²) in [6.45, 7) is 2.64. The topological polar surface area (TPSA) is 107 Å². The van der Waals surface area contributed by atoms with E-state index < -0.39 is 68.2 Å². The lowest BCUT2D eigenvalue weighted by atomic mass is 9.87. The second-order valence-corrected chi connectivity index (χ2v) is 11.6. The van der Waals surface area contributed by atoms with Crippen molar-refractivity contribution in [1.82, 2.24) is 5.32 Å². The van der Waals surface area contributed by atoms with Crippen LogP contribution in [0.2, 0.25) is 0 Å². The maximum Gasteiger partial charge on any atom is 0.430 e. The van der Waals surface area contributed by atoms with Crippen LogP contribution in [-0.4, -0.2) is 55.1 Å². The Morgan fingerprint density at radius 1 is 1.00 bits per heavy atom. The normalized spacial score (nSPS) is 17.1. The molecule has 0 unspecified atom stereocenters. The lowest BCUT2D eigenvalue weighted by Crippen LogP contribution is -2.54. The zero-order chi connectivity index (χ0) is 29.6. The van der Waals surface area contributed by atoms with Crippen LogP contribution in [0.5, 0.6) is 0 Å². The summed E-state index contributed by atoms with van der Waals surface area (Å²) < 4.78 is 122. The Morgan fingerprint density at radius 2 is 1.56 bits per heavy atom. The SMILES string of the molecule is CC(C)(O)CNC(=O)C[C@@H]1CCc2cc(C(O)(C(F)(F)F)C(F)(F)F)ccc2N1S(=O)(=O)c1ccc(F)cc1. The highest BCUT2D eigenvalue weighted by molar-refractivity contribution is 7.92. The number of hydrogen-bond acceptors (Lipinski definition) is 5. The number of nitrogens with zero attached hydrogens (tertiary/aromatic N) is 1. The third kappa shape index (κ3) is 6.14. The van der Waals surface area contributed by atoms with Crippen molar-refractivity contribution in [3.05, 3.63) is 59.4 Å². The van der Waals surface area contributed by atoms with Crippen molar-refractivity contribution in [2.45, 2.75) is 67.6 Å². The first-order valence-electron chi connectivity index (χ1n) is 11.5. The third-order valence-electron chi connectivity index (χ3n) is 6.14. The van der Waals surface area contributed by atoms with Crippen LogP contribution in [0.3, 0.4) is 0 Å². The summed E-state index contributed by atoms with van der Waals surface area (Å²) in [5, 5.41) is 22.1. The largest absolute Gasteiger partial charge is 0.430 e. The number of halogens is 7. The molecular weight excluding hydrogens is 561 g/mol. The maximum atomic E-state index is 13.6. The number of aliphatic hydroxyl groups is 2. The quantitative estimate of drug-likeness (QED) is 0.427. The molecule has 0 aromatic heterocycles. The summed E-state index contributed by atoms with van der Waals surface area (Å²) >= 11 is 0. The number of rotatable bonds is 7. The van der Waals surface area contributed by atoms with E-state index in [1.54, 1.807) is 0 Å². The summed E-state index contributed by atoms with van der Waals surface area (Å²) in [5.41, 5.74) is -8.62. The first-order valence-corrected chi connectivity index (χ1v) is 12.9. The second kappa shape index (κ2) is 10.2. The van der Waals surface area contributed by atoms with E-state index in [-0.39, 0.29) is 30.6 Å². The van der Waals surface area contributed by atoms with Crippen LogP contribution in [0.1, 0.15) is 37.8 Å². The molecule has 7 nitrogen and oxygen atoms in total. The molecule has 3 rings (SSSR count). The molecule has 3 N–H and O–H groups in total. The number of amides is 1. The van der Waals surface area contributed by atoms with Crippen molar-refractivity contribution < 1.29 is 54.2 Å². The van der Waals surface area contributed by atoms with E-state index in [1.165, 1.54) is 13.8 Å². The van der Waals surface area contributed by atoms with Gasteiger partial charge in [0.25, 0.3) is 15.6 Å². The Hall–Kier alpha value is -2.91. The van der Waals surface area contributed by atoms with Gasteiger partial charge < -0.3 is 15.5 Å². The molecule has 216 valence electrons. The lowest BCUT2D eigenvalue weighted by molar-refractivity contribution is -0.376. The van der Waals surface area contributed by atoms with E-state index in [0.717, 1.165) is 24.3 Å². The number of sulfonamides is 1. The Labute approximate surface area is 219 Å². The van der Waals surface area contributed by atoms with Crippen molar-refractivity contribution in [3.63, 3.8) is 0 Å². The van der Waals surface area contributed by atoms with Crippen molar-refractivity contribution in [3.8, 4) is 0 Å². The number of hydrogen-bond donors (Lipinski definition) is 3. The Balaban J connectivity index is 2.12. The molecule has 0 saturated carbocycles. The number of aryl methyl sites for hydroxylation is 1. The molecule has 1 heterocycles. The summed E-state index contributed by atoms with van der Waals surface area (Å²) in [7, 11) is -4.61. The van der Waals surface area contributed by atoms with Crippen LogP contribution in [0.25, 0.3) is 0 Å². The first-order chi connectivity index (χ1) is 17.7. The van der Waals surface area contributed by atoms with Gasteiger partial charge in [-0.05, 0) is 62.6 Å². The first kappa shape index (κ1) is 30.6. The van der Waals surface area contributed by atoms with Crippen molar-refractivity contribution in [2.75, 3.05) is 10.8 Å². The van der Waals surface area contributed by atoms with Gasteiger partial charge in [-0.15, -0.1) is 0 Å². The van der Waals surface area contributed by atoms with Gasteiger partial charge in [-0.2, -0.15) is 26.3 Å². The van der Waals surface area contributed by atoms with Crippen LogP contribution in [-0.2, 0) is 26.8 Å². The summed E-state index contributed by atoms with van der Waals surface area (Å²) in [6, 6.07) is 3.86. The molecule has 1 amide bonds. The predicted molar refractivity (Wildman–Crippen MR) is 125 cm³/mol. The van der Waals surface area contributed by atoms with Gasteiger partial charge in [0.05, 0.1) is 22.2 Å². The summed E-state index contributed by atoms with van der Waals surface area (Å²) in [6.07, 6.45) is -13.2. The van der Waals surface area contributed by atoms with Gasteiger partial charge in [-0.25, -0.2) is 12.8 Å². The van der Waals surface area contributed by atoms with Gasteiger partial charge in [0.2, 0.25) is 5.91 Å². The molecule has 0 spiro atoms. The van der Waals surface area contributed by atoms with Gasteiger partial charge in [0.1, 0.15) is 5.82 Å². The van der Waals surface area contributed by atoms with E-state index in [9.17, 15) is 54.2 Å². The van der Waals surface area contributed by atoms with Crippen LogP contribution >= 0.6 is 0 Å². The van der Waals surface area contributed by atoms with E-state index in [1.807, 2.05) is 0 Å². The monoisotopic (exact) mass is 586 g/mol. The molecular formula is C24H25F7N2O5S. The molecule has 39 heavy (non-hydrogen) atoms. The average Bonchev–Trinajstić information content (AvgIpc) is 2.80. The highest BCUT2D eigenvalue weighted by atomic mass is 32.2. The number of fused-ring (bicyclic) bond motifs is 1. The lowest BCUT2D eigenvalue weighted by Gasteiger charge is -2.39. The van der Waals surface area contributed by atoms with Gasteiger partial charge >= 0.3 is 12.4 Å². The highest BCUT2D eigenvalue weighted by Crippen LogP contribution is 2.51. The van der Waals surface area contributed by atoms with Crippen LogP contribution in [0, 0.1) is 5.82 Å². The minimum Gasteiger partial charge on any atom is -0.389 e. The van der Waals surface area contributed by atoms with E-state index >= 15 is 0 Å². The average molecular weight is 587 g/mol. The molecule has 0 fully saturated rings. The molecule has 1 aliphatic heterocycles. The molecule has 0 bridgehead atoms. The molecule has 15 heteroatoms. The molecule has 0 radical (unpaired) electrons. The summed E-state index contributed by atoms with van der Waals surface area (Å²) in [4.78, 5) is 12.1. The van der Waals surface area contributed by atoms with E-state index in [0.29, 0.717) is 22.5 Å². The molecule has 1 atom stereocenters. The number of anilines is 1. The molecule has 1 aliphatic rings. The molecule has 0 saturated heterocycles. The fourth-order valence-corrected chi connectivity index (χ4v) is 5.90. The molecule has 2 aromatic rings. The van der Waals surface area contributed by atoms with Crippen molar-refractivity contribution in [1.29, 1.82) is 0 Å². The minimum absolute atomic E-state index is 0.184.